The van der Waals surface area contributed by atoms with Gasteiger partial charge in [0.1, 0.15) is 0 Å². The quantitative estimate of drug-likeness (QED) is 0.707. The molecule has 0 fully saturated rings. The maximum atomic E-state index is 11.5. The topological polar surface area (TPSA) is 42.0 Å². The van der Waals surface area contributed by atoms with Gasteiger partial charge >= 0.3 is 0 Å². The molecular formula is C11H12N2O. The minimum absolute atomic E-state index is 0.192. The van der Waals surface area contributed by atoms with Crippen molar-refractivity contribution in [2.24, 2.45) is 0 Å². The fraction of sp³-hybridized carbons (Fsp3) is 0.273. The van der Waals surface area contributed by atoms with Crippen molar-refractivity contribution in [1.82, 2.24) is 10.3 Å². The summed E-state index contributed by atoms with van der Waals surface area (Å²) in [7, 11) is 0. The van der Waals surface area contributed by atoms with Crippen molar-refractivity contribution in [3.05, 3.63) is 29.6 Å². The van der Waals surface area contributed by atoms with Gasteiger partial charge in [0.25, 0.3) is 5.91 Å². The van der Waals surface area contributed by atoms with Gasteiger partial charge in [-0.25, -0.2) is 0 Å². The van der Waals surface area contributed by atoms with Crippen molar-refractivity contribution >= 4 is 5.91 Å². The molecule has 0 aliphatic heterocycles. The molecular weight excluding hydrogens is 176 g/mol. The Hall–Kier alpha value is -1.82. The van der Waals surface area contributed by atoms with E-state index in [4.69, 9.17) is 6.42 Å². The number of carbonyl (C=O) groups is 1. The number of aromatic nitrogens is 1. The summed E-state index contributed by atoms with van der Waals surface area (Å²) in [6, 6.07) is 3.25. The summed E-state index contributed by atoms with van der Waals surface area (Å²) in [5, 5.41) is 2.65. The van der Waals surface area contributed by atoms with Crippen LogP contribution in [0.4, 0.5) is 0 Å². The number of nitrogens with one attached hydrogen (secondary N) is 1. The second kappa shape index (κ2) is 4.43. The molecule has 0 saturated carbocycles. The smallest absolute Gasteiger partial charge is 0.253 e. The number of nitrogens with zero attached hydrogens (tertiary/aromatic N) is 1. The number of pyridine rings is 1. The van der Waals surface area contributed by atoms with E-state index in [1.165, 1.54) is 6.20 Å². The first-order valence-corrected chi connectivity index (χ1v) is 4.33. The van der Waals surface area contributed by atoms with E-state index in [9.17, 15) is 4.79 Å². The minimum atomic E-state index is -0.260. The molecule has 1 heterocycles. The van der Waals surface area contributed by atoms with E-state index >= 15 is 0 Å². The third-order valence-electron chi connectivity index (χ3n) is 1.77. The summed E-state index contributed by atoms with van der Waals surface area (Å²) in [5.74, 6) is 2.23. The molecule has 1 rings (SSSR count). The third kappa shape index (κ3) is 2.60. The van der Waals surface area contributed by atoms with Crippen molar-refractivity contribution in [3.63, 3.8) is 0 Å². The Morgan fingerprint density at radius 3 is 2.86 bits per heavy atom. The monoisotopic (exact) mass is 188 g/mol. The number of rotatable bonds is 2. The van der Waals surface area contributed by atoms with Gasteiger partial charge < -0.3 is 5.32 Å². The first-order chi connectivity index (χ1) is 6.63. The molecule has 0 aliphatic rings. The van der Waals surface area contributed by atoms with Crippen molar-refractivity contribution in [3.8, 4) is 12.3 Å². The maximum Gasteiger partial charge on any atom is 0.253 e. The fourth-order valence-electron chi connectivity index (χ4n) is 0.924. The molecule has 1 atom stereocenters. The Kier molecular flexibility index (Phi) is 3.24. The molecule has 0 aliphatic carbocycles. The summed E-state index contributed by atoms with van der Waals surface area (Å²) in [6.45, 7) is 3.62. The summed E-state index contributed by atoms with van der Waals surface area (Å²) >= 11 is 0. The SMILES string of the molecule is C#CC(C)NC(=O)c1ccc(C)nc1. The van der Waals surface area contributed by atoms with E-state index < -0.39 is 0 Å². The maximum absolute atomic E-state index is 11.5. The zero-order valence-corrected chi connectivity index (χ0v) is 8.24. The highest BCUT2D eigenvalue weighted by atomic mass is 16.1. The van der Waals surface area contributed by atoms with Gasteiger partial charge in [-0.2, -0.15) is 0 Å². The van der Waals surface area contributed by atoms with E-state index in [0.717, 1.165) is 5.69 Å². The lowest BCUT2D eigenvalue weighted by Gasteiger charge is -2.06. The first kappa shape index (κ1) is 10.3. The minimum Gasteiger partial charge on any atom is -0.339 e. The molecule has 0 saturated heterocycles. The molecule has 0 bridgehead atoms. The van der Waals surface area contributed by atoms with Gasteiger partial charge in [0, 0.05) is 11.9 Å². The van der Waals surface area contributed by atoms with Crippen LogP contribution in [0.25, 0.3) is 0 Å². The van der Waals surface area contributed by atoms with Crippen molar-refractivity contribution in [2.75, 3.05) is 0 Å². The number of hydrogen-bond donors (Lipinski definition) is 1. The Morgan fingerprint density at radius 2 is 2.36 bits per heavy atom. The normalized spacial score (nSPS) is 11.5. The van der Waals surface area contributed by atoms with Gasteiger partial charge in [-0.1, -0.05) is 5.92 Å². The summed E-state index contributed by atoms with van der Waals surface area (Å²) in [5.41, 5.74) is 1.41. The number of carbonyl (C=O) groups excluding carboxylic acids is 1. The Labute approximate surface area is 83.6 Å². The molecule has 3 heteroatoms. The van der Waals surface area contributed by atoms with Crippen LogP contribution in [-0.4, -0.2) is 16.9 Å². The van der Waals surface area contributed by atoms with Gasteiger partial charge in [-0.05, 0) is 26.0 Å². The zero-order valence-electron chi connectivity index (χ0n) is 8.24. The molecule has 1 aromatic rings. The van der Waals surface area contributed by atoms with Crippen molar-refractivity contribution in [1.29, 1.82) is 0 Å². The lowest BCUT2D eigenvalue weighted by molar-refractivity contribution is 0.0948. The molecule has 72 valence electrons. The van der Waals surface area contributed by atoms with E-state index in [1.807, 2.05) is 6.92 Å². The largest absolute Gasteiger partial charge is 0.339 e. The van der Waals surface area contributed by atoms with E-state index in [1.54, 1.807) is 19.1 Å². The Bertz CT molecular complexity index is 362. The van der Waals surface area contributed by atoms with Gasteiger partial charge in [-0.15, -0.1) is 6.42 Å². The highest BCUT2D eigenvalue weighted by Gasteiger charge is 2.07. The van der Waals surface area contributed by atoms with Crippen LogP contribution in [0.15, 0.2) is 18.3 Å². The van der Waals surface area contributed by atoms with Crippen LogP contribution >= 0.6 is 0 Å². The van der Waals surface area contributed by atoms with E-state index in [2.05, 4.69) is 16.2 Å². The highest BCUT2D eigenvalue weighted by molar-refractivity contribution is 5.94. The lowest BCUT2D eigenvalue weighted by atomic mass is 10.2. The molecule has 0 aromatic carbocycles. The molecule has 3 nitrogen and oxygen atoms in total. The van der Waals surface area contributed by atoms with Gasteiger partial charge in [0.15, 0.2) is 0 Å². The molecule has 1 aromatic heterocycles. The third-order valence-corrected chi connectivity index (χ3v) is 1.77. The standard InChI is InChI=1S/C11H12N2O/c1-4-8(2)13-11(14)10-6-5-9(3)12-7-10/h1,5-8H,2-3H3,(H,13,14). The van der Waals surface area contributed by atoms with E-state index in [-0.39, 0.29) is 11.9 Å². The molecule has 0 radical (unpaired) electrons. The number of terminal acetylenes is 1. The average Bonchev–Trinajstić information content (AvgIpc) is 2.18. The summed E-state index contributed by atoms with van der Waals surface area (Å²) in [6.07, 6.45) is 6.68. The summed E-state index contributed by atoms with van der Waals surface area (Å²) < 4.78 is 0. The highest BCUT2D eigenvalue weighted by Crippen LogP contribution is 1.99. The van der Waals surface area contributed by atoms with Crippen LogP contribution in [0.5, 0.6) is 0 Å². The van der Waals surface area contributed by atoms with Crippen LogP contribution in [0.3, 0.4) is 0 Å². The van der Waals surface area contributed by atoms with Gasteiger partial charge in [0.2, 0.25) is 0 Å². The van der Waals surface area contributed by atoms with E-state index in [0.29, 0.717) is 5.56 Å². The van der Waals surface area contributed by atoms with Crippen molar-refractivity contribution in [2.45, 2.75) is 19.9 Å². The second-order valence-corrected chi connectivity index (χ2v) is 3.05. The number of aryl methyl sites for hydroxylation is 1. The number of amides is 1. The summed E-state index contributed by atoms with van der Waals surface area (Å²) in [4.78, 5) is 15.5. The molecule has 1 unspecified atom stereocenters. The Balaban J connectivity index is 2.71. The second-order valence-electron chi connectivity index (χ2n) is 3.05. The molecule has 1 N–H and O–H groups in total. The molecule has 0 spiro atoms. The van der Waals surface area contributed by atoms with Crippen molar-refractivity contribution < 1.29 is 4.79 Å². The fourth-order valence-corrected chi connectivity index (χ4v) is 0.924. The molecule has 1 amide bonds. The van der Waals surface area contributed by atoms with Crippen LogP contribution in [0.1, 0.15) is 23.0 Å². The predicted octanol–water partition coefficient (Wildman–Crippen LogP) is 1.14. The Morgan fingerprint density at radius 1 is 1.64 bits per heavy atom. The van der Waals surface area contributed by atoms with Crippen LogP contribution in [-0.2, 0) is 0 Å². The average molecular weight is 188 g/mol. The zero-order chi connectivity index (χ0) is 10.6. The molecule has 14 heavy (non-hydrogen) atoms. The van der Waals surface area contributed by atoms with Crippen LogP contribution in [0, 0.1) is 19.3 Å². The van der Waals surface area contributed by atoms with Crippen LogP contribution < -0.4 is 5.32 Å². The first-order valence-electron chi connectivity index (χ1n) is 4.33. The number of hydrogen-bond acceptors (Lipinski definition) is 2. The van der Waals surface area contributed by atoms with Gasteiger partial charge in [-0.3, -0.25) is 9.78 Å². The van der Waals surface area contributed by atoms with Gasteiger partial charge in [0.05, 0.1) is 11.6 Å². The lowest BCUT2D eigenvalue weighted by Crippen LogP contribution is -2.31. The predicted molar refractivity (Wildman–Crippen MR) is 54.7 cm³/mol. The van der Waals surface area contributed by atoms with Crippen LogP contribution in [0.2, 0.25) is 0 Å².